The number of carbonyl (C=O) groups excluding carboxylic acids is 1. The second-order valence-electron chi connectivity index (χ2n) is 7.01. The fourth-order valence-corrected chi connectivity index (χ4v) is 4.07. The molecule has 0 aliphatic carbocycles. The number of ketones is 1. The lowest BCUT2D eigenvalue weighted by Gasteiger charge is -2.33. The molecule has 138 valence electrons. The van der Waals surface area contributed by atoms with Gasteiger partial charge in [0.15, 0.2) is 5.78 Å². The van der Waals surface area contributed by atoms with Gasteiger partial charge in [0.1, 0.15) is 0 Å². The van der Waals surface area contributed by atoms with E-state index >= 15 is 0 Å². The Kier molecular flexibility index (Phi) is 6.71. The van der Waals surface area contributed by atoms with Crippen LogP contribution in [0.5, 0.6) is 0 Å². The Hall–Kier alpha value is -1.39. The number of likely N-dealkylation sites (tertiary alicyclic amines) is 1. The van der Waals surface area contributed by atoms with Gasteiger partial charge < -0.3 is 10.6 Å². The second kappa shape index (κ2) is 9.01. The van der Waals surface area contributed by atoms with Crippen LogP contribution >= 0.6 is 23.2 Å². The quantitative estimate of drug-likeness (QED) is 0.740. The number of hydrogen-bond acceptors (Lipinski definition) is 3. The number of piperidine rings is 1. The van der Waals surface area contributed by atoms with Crippen molar-refractivity contribution in [3.8, 4) is 0 Å². The molecule has 0 spiro atoms. The van der Waals surface area contributed by atoms with Crippen molar-refractivity contribution < 1.29 is 4.79 Å². The summed E-state index contributed by atoms with van der Waals surface area (Å²) >= 11 is 12.2. The van der Waals surface area contributed by atoms with Crippen molar-refractivity contribution in [1.29, 1.82) is 0 Å². The van der Waals surface area contributed by atoms with Gasteiger partial charge in [0.2, 0.25) is 0 Å². The maximum Gasteiger partial charge on any atom is 0.166 e. The average molecular weight is 391 g/mol. The zero-order valence-electron chi connectivity index (χ0n) is 14.7. The summed E-state index contributed by atoms with van der Waals surface area (Å²) in [5, 5.41) is 1.30. The smallest absolute Gasteiger partial charge is 0.166 e. The SMILES string of the molecule is NC(Cc1ccc(Cl)cc1Cl)CN1CCC(C(=O)c2ccccc2)CC1. The highest BCUT2D eigenvalue weighted by Gasteiger charge is 2.26. The summed E-state index contributed by atoms with van der Waals surface area (Å²) < 4.78 is 0. The molecule has 26 heavy (non-hydrogen) atoms. The number of rotatable bonds is 6. The molecular weight excluding hydrogens is 367 g/mol. The van der Waals surface area contributed by atoms with E-state index in [4.69, 9.17) is 28.9 Å². The molecule has 2 aromatic carbocycles. The largest absolute Gasteiger partial charge is 0.326 e. The molecule has 1 unspecified atom stereocenters. The van der Waals surface area contributed by atoms with Gasteiger partial charge in [-0.15, -0.1) is 0 Å². The van der Waals surface area contributed by atoms with Crippen LogP contribution in [0, 0.1) is 5.92 Å². The van der Waals surface area contributed by atoms with Crippen molar-refractivity contribution in [2.45, 2.75) is 25.3 Å². The van der Waals surface area contributed by atoms with Gasteiger partial charge in [-0.25, -0.2) is 0 Å². The minimum atomic E-state index is 0.00931. The molecule has 0 bridgehead atoms. The van der Waals surface area contributed by atoms with Gasteiger partial charge in [-0.3, -0.25) is 4.79 Å². The number of nitrogens with two attached hydrogens (primary N) is 1. The Bertz CT molecular complexity index is 743. The van der Waals surface area contributed by atoms with E-state index in [1.807, 2.05) is 42.5 Å². The van der Waals surface area contributed by atoms with E-state index in [0.717, 1.165) is 50.0 Å². The first kappa shape index (κ1) is 19.4. The van der Waals surface area contributed by atoms with Crippen LogP contribution in [0.1, 0.15) is 28.8 Å². The molecule has 3 nitrogen and oxygen atoms in total. The first-order valence-electron chi connectivity index (χ1n) is 9.04. The molecule has 1 aliphatic heterocycles. The highest BCUT2D eigenvalue weighted by molar-refractivity contribution is 6.35. The molecule has 1 saturated heterocycles. The Morgan fingerprint density at radius 1 is 1.12 bits per heavy atom. The third-order valence-corrected chi connectivity index (χ3v) is 5.59. The highest BCUT2D eigenvalue weighted by Crippen LogP contribution is 2.24. The fourth-order valence-electron chi connectivity index (χ4n) is 3.58. The number of benzene rings is 2. The van der Waals surface area contributed by atoms with E-state index in [9.17, 15) is 4.79 Å². The topological polar surface area (TPSA) is 46.3 Å². The van der Waals surface area contributed by atoms with Gasteiger partial charge in [-0.05, 0) is 50.0 Å². The first-order chi connectivity index (χ1) is 12.5. The minimum Gasteiger partial charge on any atom is -0.326 e. The molecule has 1 atom stereocenters. The standard InChI is InChI=1S/C21H24Cl2N2O/c22-18-7-6-17(20(23)13-18)12-19(24)14-25-10-8-16(9-11-25)21(26)15-4-2-1-3-5-15/h1-7,13,16,19H,8-12,14,24H2. The zero-order chi connectivity index (χ0) is 18.5. The summed E-state index contributed by atoms with van der Waals surface area (Å²) in [5.41, 5.74) is 8.17. The molecule has 5 heteroatoms. The maximum absolute atomic E-state index is 12.6. The number of halogens is 2. The van der Waals surface area contributed by atoms with Gasteiger partial charge in [0.05, 0.1) is 0 Å². The lowest BCUT2D eigenvalue weighted by Crippen LogP contribution is -2.44. The van der Waals surface area contributed by atoms with Crippen LogP contribution in [0.15, 0.2) is 48.5 Å². The van der Waals surface area contributed by atoms with Gasteiger partial charge in [0, 0.05) is 34.1 Å². The van der Waals surface area contributed by atoms with E-state index in [1.54, 1.807) is 6.07 Å². The normalized spacial score (nSPS) is 17.2. The number of carbonyl (C=O) groups is 1. The molecule has 3 rings (SSSR count). The Balaban J connectivity index is 1.48. The van der Waals surface area contributed by atoms with Crippen LogP contribution in [0.2, 0.25) is 10.0 Å². The summed E-state index contributed by atoms with van der Waals surface area (Å²) in [7, 11) is 0. The number of Topliss-reactive ketones (excluding diaryl/α,β-unsaturated/α-hetero) is 1. The molecule has 1 aliphatic rings. The molecule has 2 N–H and O–H groups in total. The molecule has 0 saturated carbocycles. The molecule has 1 heterocycles. The molecular formula is C21H24Cl2N2O. The Morgan fingerprint density at radius 3 is 2.46 bits per heavy atom. The van der Waals surface area contributed by atoms with Crippen molar-refractivity contribution in [2.75, 3.05) is 19.6 Å². The van der Waals surface area contributed by atoms with E-state index in [-0.39, 0.29) is 17.7 Å². The summed E-state index contributed by atoms with van der Waals surface area (Å²) in [6, 6.07) is 15.1. The summed E-state index contributed by atoms with van der Waals surface area (Å²) in [5.74, 6) is 0.387. The van der Waals surface area contributed by atoms with E-state index in [1.165, 1.54) is 0 Å². The van der Waals surface area contributed by atoms with Gasteiger partial charge in [-0.1, -0.05) is 59.6 Å². The number of nitrogens with zero attached hydrogens (tertiary/aromatic N) is 1. The van der Waals surface area contributed by atoms with Crippen LogP contribution < -0.4 is 5.73 Å². The average Bonchev–Trinajstić information content (AvgIpc) is 2.65. The lowest BCUT2D eigenvalue weighted by atomic mass is 9.88. The van der Waals surface area contributed by atoms with Crippen molar-refractivity contribution >= 4 is 29.0 Å². The van der Waals surface area contributed by atoms with Crippen LogP contribution in [0.3, 0.4) is 0 Å². The lowest BCUT2D eigenvalue weighted by molar-refractivity contribution is 0.0836. The zero-order valence-corrected chi connectivity index (χ0v) is 16.2. The molecule has 1 fully saturated rings. The molecule has 2 aromatic rings. The Morgan fingerprint density at radius 2 is 1.81 bits per heavy atom. The first-order valence-corrected chi connectivity index (χ1v) is 9.79. The fraction of sp³-hybridized carbons (Fsp3) is 0.381. The maximum atomic E-state index is 12.6. The van der Waals surface area contributed by atoms with Crippen LogP contribution in [0.4, 0.5) is 0 Å². The van der Waals surface area contributed by atoms with Gasteiger partial charge in [0.25, 0.3) is 0 Å². The van der Waals surface area contributed by atoms with Crippen LogP contribution in [0.25, 0.3) is 0 Å². The number of hydrogen-bond donors (Lipinski definition) is 1. The van der Waals surface area contributed by atoms with Gasteiger partial charge >= 0.3 is 0 Å². The molecule has 0 amide bonds. The van der Waals surface area contributed by atoms with E-state index in [2.05, 4.69) is 4.90 Å². The van der Waals surface area contributed by atoms with Crippen molar-refractivity contribution in [3.63, 3.8) is 0 Å². The third kappa shape index (κ3) is 5.08. The van der Waals surface area contributed by atoms with E-state index < -0.39 is 0 Å². The highest BCUT2D eigenvalue weighted by atomic mass is 35.5. The second-order valence-corrected chi connectivity index (χ2v) is 7.85. The van der Waals surface area contributed by atoms with Crippen molar-refractivity contribution in [1.82, 2.24) is 4.90 Å². The van der Waals surface area contributed by atoms with Crippen molar-refractivity contribution in [3.05, 3.63) is 69.7 Å². The third-order valence-electron chi connectivity index (χ3n) is 5.01. The van der Waals surface area contributed by atoms with E-state index in [0.29, 0.717) is 10.0 Å². The summed E-state index contributed by atoms with van der Waals surface area (Å²) in [4.78, 5) is 14.9. The summed E-state index contributed by atoms with van der Waals surface area (Å²) in [6.45, 7) is 2.63. The predicted molar refractivity (Wildman–Crippen MR) is 108 cm³/mol. The summed E-state index contributed by atoms with van der Waals surface area (Å²) in [6.07, 6.45) is 2.50. The van der Waals surface area contributed by atoms with Crippen LogP contribution in [-0.4, -0.2) is 36.4 Å². The molecule has 0 aromatic heterocycles. The van der Waals surface area contributed by atoms with Crippen molar-refractivity contribution in [2.24, 2.45) is 11.7 Å². The van der Waals surface area contributed by atoms with Crippen LogP contribution in [-0.2, 0) is 6.42 Å². The monoisotopic (exact) mass is 390 g/mol. The Labute approximate surface area is 165 Å². The van der Waals surface area contributed by atoms with Gasteiger partial charge in [-0.2, -0.15) is 0 Å². The predicted octanol–water partition coefficient (Wildman–Crippen LogP) is 4.46. The minimum absolute atomic E-state index is 0.00931. The molecule has 0 radical (unpaired) electrons.